The van der Waals surface area contributed by atoms with E-state index in [-0.39, 0.29) is 18.2 Å². The van der Waals surface area contributed by atoms with Crippen LogP contribution in [0.2, 0.25) is 0 Å². The van der Waals surface area contributed by atoms with Crippen LogP contribution < -0.4 is 4.90 Å². The van der Waals surface area contributed by atoms with Crippen molar-refractivity contribution in [3.8, 4) is 0 Å². The number of carbonyl (C=O) groups excluding carboxylic acids is 2. The molecule has 19 heavy (non-hydrogen) atoms. The van der Waals surface area contributed by atoms with Crippen LogP contribution in [0.25, 0.3) is 0 Å². The van der Waals surface area contributed by atoms with Gasteiger partial charge in [-0.1, -0.05) is 18.2 Å². The molecule has 4 nitrogen and oxygen atoms in total. The Hall–Kier alpha value is -1.49. The van der Waals surface area contributed by atoms with Gasteiger partial charge in [0.15, 0.2) is 0 Å². The van der Waals surface area contributed by atoms with Crippen LogP contribution in [0, 0.1) is 0 Å². The van der Waals surface area contributed by atoms with Crippen LogP contribution in [0.3, 0.4) is 0 Å². The summed E-state index contributed by atoms with van der Waals surface area (Å²) < 4.78 is -0.785. The monoisotopic (exact) mass is 278 g/mol. The number of likely N-dealkylation sites (N-methyl/N-ethyl adjacent to an activating group) is 1. The van der Waals surface area contributed by atoms with Gasteiger partial charge >= 0.3 is 0 Å². The number of para-hydroxylation sites is 1. The third-order valence-electron chi connectivity index (χ3n) is 3.60. The number of carbonyl (C=O) groups is 2. The summed E-state index contributed by atoms with van der Waals surface area (Å²) in [5.41, 5.74) is 1.83. The van der Waals surface area contributed by atoms with Crippen LogP contribution >= 0.6 is 11.8 Å². The number of hydrogen-bond donors (Lipinski definition) is 0. The molecule has 0 N–H and O–H groups in total. The van der Waals surface area contributed by atoms with E-state index in [9.17, 15) is 9.59 Å². The van der Waals surface area contributed by atoms with Crippen LogP contribution in [-0.4, -0.2) is 44.1 Å². The lowest BCUT2D eigenvalue weighted by atomic mass is 9.95. The lowest BCUT2D eigenvalue weighted by Crippen LogP contribution is -2.40. The minimum atomic E-state index is -0.785. The molecular formula is C14H18N2O2S. The van der Waals surface area contributed by atoms with Gasteiger partial charge in [-0.2, -0.15) is 0 Å². The Morgan fingerprint density at radius 2 is 2.00 bits per heavy atom. The summed E-state index contributed by atoms with van der Waals surface area (Å²) in [5.74, 6) is -0.0517. The number of rotatable bonds is 3. The third-order valence-corrected chi connectivity index (χ3v) is 4.83. The second-order valence-electron chi connectivity index (χ2n) is 4.88. The van der Waals surface area contributed by atoms with Crippen molar-refractivity contribution in [3.63, 3.8) is 0 Å². The quantitative estimate of drug-likeness (QED) is 0.845. The largest absolute Gasteiger partial charge is 0.349 e. The summed E-state index contributed by atoms with van der Waals surface area (Å²) in [6.07, 6.45) is 2.08. The van der Waals surface area contributed by atoms with E-state index < -0.39 is 4.75 Å². The molecule has 2 amide bonds. The topological polar surface area (TPSA) is 40.6 Å². The lowest BCUT2D eigenvalue weighted by Gasteiger charge is -2.26. The average Bonchev–Trinajstić information content (AvgIpc) is 2.62. The fourth-order valence-corrected chi connectivity index (χ4v) is 3.39. The van der Waals surface area contributed by atoms with E-state index in [1.165, 1.54) is 16.7 Å². The molecule has 0 saturated heterocycles. The molecule has 1 aliphatic rings. The Kier molecular flexibility index (Phi) is 3.58. The first kappa shape index (κ1) is 13.9. The first-order valence-corrected chi connectivity index (χ1v) is 7.29. The minimum Gasteiger partial charge on any atom is -0.349 e. The molecule has 102 valence electrons. The fraction of sp³-hybridized carbons (Fsp3) is 0.429. The number of nitrogens with zero attached hydrogens (tertiary/aromatic N) is 2. The molecule has 1 aromatic rings. The van der Waals surface area contributed by atoms with Gasteiger partial charge in [-0.3, -0.25) is 9.59 Å². The average molecular weight is 278 g/mol. The van der Waals surface area contributed by atoms with E-state index in [1.54, 1.807) is 26.0 Å². The molecule has 2 rings (SSSR count). The Bertz CT molecular complexity index is 530. The molecule has 0 aromatic heterocycles. The van der Waals surface area contributed by atoms with Crippen molar-refractivity contribution < 1.29 is 9.59 Å². The maximum absolute atomic E-state index is 12.6. The first-order valence-electron chi connectivity index (χ1n) is 6.07. The summed E-state index contributed by atoms with van der Waals surface area (Å²) in [6, 6.07) is 7.69. The number of fused-ring (bicyclic) bond motifs is 1. The zero-order valence-electron chi connectivity index (χ0n) is 11.6. The van der Waals surface area contributed by atoms with Crippen LogP contribution in [0.5, 0.6) is 0 Å². The van der Waals surface area contributed by atoms with Crippen LogP contribution in [0.1, 0.15) is 12.0 Å². The van der Waals surface area contributed by atoms with E-state index >= 15 is 0 Å². The zero-order chi connectivity index (χ0) is 14.2. The van der Waals surface area contributed by atoms with Gasteiger partial charge in [-0.05, 0) is 12.3 Å². The molecule has 0 aliphatic carbocycles. The summed E-state index contributed by atoms with van der Waals surface area (Å²) >= 11 is 1.44. The highest BCUT2D eigenvalue weighted by atomic mass is 32.2. The summed E-state index contributed by atoms with van der Waals surface area (Å²) in [5, 5.41) is 0. The number of anilines is 1. The van der Waals surface area contributed by atoms with E-state index in [4.69, 9.17) is 0 Å². The van der Waals surface area contributed by atoms with E-state index in [0.717, 1.165) is 11.3 Å². The van der Waals surface area contributed by atoms with Crippen molar-refractivity contribution in [2.45, 2.75) is 11.2 Å². The molecule has 0 spiro atoms. The Morgan fingerprint density at radius 1 is 1.37 bits per heavy atom. The van der Waals surface area contributed by atoms with Gasteiger partial charge in [0.1, 0.15) is 4.75 Å². The van der Waals surface area contributed by atoms with Gasteiger partial charge in [-0.15, -0.1) is 11.8 Å². The SMILES string of the molecule is CSC1(CC(=O)N(C)C)C(=O)N(C)c2ccccc21. The molecule has 0 radical (unpaired) electrons. The molecular weight excluding hydrogens is 260 g/mol. The summed E-state index contributed by atoms with van der Waals surface area (Å²) in [4.78, 5) is 27.9. The Balaban J connectivity index is 2.51. The summed E-state index contributed by atoms with van der Waals surface area (Å²) in [7, 11) is 5.19. The molecule has 1 unspecified atom stereocenters. The molecule has 1 aliphatic heterocycles. The number of amides is 2. The number of thioether (sulfide) groups is 1. The highest BCUT2D eigenvalue weighted by molar-refractivity contribution is 8.00. The molecule has 1 aromatic carbocycles. The van der Waals surface area contributed by atoms with Crippen molar-refractivity contribution in [3.05, 3.63) is 29.8 Å². The first-order chi connectivity index (χ1) is 8.94. The van der Waals surface area contributed by atoms with Gasteiger partial charge in [0, 0.05) is 32.4 Å². The predicted octanol–water partition coefficient (Wildman–Crippen LogP) is 1.70. The highest BCUT2D eigenvalue weighted by Crippen LogP contribution is 2.49. The molecule has 0 saturated carbocycles. The van der Waals surface area contributed by atoms with Crippen molar-refractivity contribution in [1.82, 2.24) is 4.90 Å². The highest BCUT2D eigenvalue weighted by Gasteiger charge is 2.50. The zero-order valence-corrected chi connectivity index (χ0v) is 12.5. The van der Waals surface area contributed by atoms with Gasteiger partial charge in [-0.25, -0.2) is 0 Å². The second-order valence-corrected chi connectivity index (χ2v) is 5.98. The van der Waals surface area contributed by atoms with Gasteiger partial charge < -0.3 is 9.80 Å². The van der Waals surface area contributed by atoms with Crippen molar-refractivity contribution in [1.29, 1.82) is 0 Å². The predicted molar refractivity (Wildman–Crippen MR) is 78.4 cm³/mol. The Morgan fingerprint density at radius 3 is 2.58 bits per heavy atom. The van der Waals surface area contributed by atoms with Crippen LogP contribution in [0.4, 0.5) is 5.69 Å². The van der Waals surface area contributed by atoms with Crippen molar-refractivity contribution in [2.24, 2.45) is 0 Å². The Labute approximate surface area is 117 Å². The van der Waals surface area contributed by atoms with E-state index in [1.807, 2.05) is 30.5 Å². The maximum Gasteiger partial charge on any atom is 0.248 e. The smallest absolute Gasteiger partial charge is 0.248 e. The number of hydrogen-bond acceptors (Lipinski definition) is 3. The van der Waals surface area contributed by atoms with Gasteiger partial charge in [0.05, 0.1) is 6.42 Å². The van der Waals surface area contributed by atoms with Crippen molar-refractivity contribution in [2.75, 3.05) is 32.3 Å². The fourth-order valence-electron chi connectivity index (χ4n) is 2.41. The van der Waals surface area contributed by atoms with Crippen LogP contribution in [-0.2, 0) is 14.3 Å². The minimum absolute atomic E-state index is 0.0172. The molecule has 1 heterocycles. The van der Waals surface area contributed by atoms with Crippen LogP contribution in [0.15, 0.2) is 24.3 Å². The third kappa shape index (κ3) is 2.02. The van der Waals surface area contributed by atoms with E-state index in [2.05, 4.69) is 0 Å². The molecule has 0 bridgehead atoms. The van der Waals surface area contributed by atoms with Crippen molar-refractivity contribution >= 4 is 29.3 Å². The standard InChI is InChI=1S/C14H18N2O2S/c1-15(2)12(17)9-14(19-4)10-7-5-6-8-11(10)16(3)13(14)18/h5-8H,9H2,1-4H3. The van der Waals surface area contributed by atoms with Gasteiger partial charge in [0.25, 0.3) is 0 Å². The van der Waals surface area contributed by atoms with Gasteiger partial charge in [0.2, 0.25) is 11.8 Å². The normalized spacial score (nSPS) is 21.5. The molecule has 5 heteroatoms. The second kappa shape index (κ2) is 4.89. The summed E-state index contributed by atoms with van der Waals surface area (Å²) in [6.45, 7) is 0. The molecule has 1 atom stereocenters. The lowest BCUT2D eigenvalue weighted by molar-refractivity contribution is -0.132. The maximum atomic E-state index is 12.6. The molecule has 0 fully saturated rings. The number of benzene rings is 1. The van der Waals surface area contributed by atoms with E-state index in [0.29, 0.717) is 0 Å².